The van der Waals surface area contributed by atoms with E-state index in [4.69, 9.17) is 0 Å². The minimum atomic E-state index is -0.975. The molecule has 0 bridgehead atoms. The molecule has 0 N–H and O–H groups in total. The Morgan fingerprint density at radius 1 is 1.16 bits per heavy atom. The van der Waals surface area contributed by atoms with Crippen LogP contribution in [0.25, 0.3) is 0 Å². The Balaban J connectivity index is 4.41. The van der Waals surface area contributed by atoms with Crippen molar-refractivity contribution in [2.75, 3.05) is 6.61 Å². The normalized spacial score (nSPS) is 13.1. The van der Waals surface area contributed by atoms with E-state index in [1.54, 1.807) is 0 Å². The third-order valence-corrected chi connectivity index (χ3v) is 2.78. The lowest BCUT2D eigenvalue weighted by molar-refractivity contribution is -0.790. The van der Waals surface area contributed by atoms with Crippen molar-refractivity contribution in [1.82, 2.24) is 0 Å². The van der Waals surface area contributed by atoms with Gasteiger partial charge in [-0.3, -0.25) is 0 Å². The molecule has 0 amide bonds. The molecule has 112 valence electrons. The van der Waals surface area contributed by atoms with Crippen LogP contribution >= 0.6 is 0 Å². The summed E-state index contributed by atoms with van der Waals surface area (Å²) in [7, 11) is 0. The van der Waals surface area contributed by atoms with E-state index < -0.39 is 22.9 Å². The SMILES string of the molecule is CC(C)CCC(C)(C)C[C@@H](CO[N+](=O)[O-])O[N+](=O)[O-]. The highest BCUT2D eigenvalue weighted by molar-refractivity contribution is 4.74. The largest absolute Gasteiger partial charge is 0.312 e. The Bertz CT molecular complexity index is 306. The minimum Gasteiger partial charge on any atom is -0.312 e. The summed E-state index contributed by atoms with van der Waals surface area (Å²) in [5.41, 5.74) is -0.203. The summed E-state index contributed by atoms with van der Waals surface area (Å²) in [6.07, 6.45) is 1.24. The third kappa shape index (κ3) is 10.0. The van der Waals surface area contributed by atoms with E-state index in [0.717, 1.165) is 12.8 Å². The molecule has 0 rings (SSSR count). The predicted octanol–water partition coefficient (Wildman–Crippen LogP) is 2.62. The van der Waals surface area contributed by atoms with Crippen molar-refractivity contribution in [1.29, 1.82) is 0 Å². The van der Waals surface area contributed by atoms with Gasteiger partial charge in [0, 0.05) is 0 Å². The maximum Gasteiger partial charge on any atom is 0.294 e. The van der Waals surface area contributed by atoms with Crippen molar-refractivity contribution < 1.29 is 19.8 Å². The Morgan fingerprint density at radius 3 is 2.16 bits per heavy atom. The maximum atomic E-state index is 10.4. The first-order chi connectivity index (χ1) is 8.62. The molecule has 0 aliphatic carbocycles. The van der Waals surface area contributed by atoms with Crippen LogP contribution in [0.4, 0.5) is 0 Å². The fraction of sp³-hybridized carbons (Fsp3) is 1.00. The molecule has 0 spiro atoms. The van der Waals surface area contributed by atoms with Gasteiger partial charge in [0.25, 0.3) is 10.2 Å². The molecule has 0 radical (unpaired) electrons. The summed E-state index contributed by atoms with van der Waals surface area (Å²) in [6, 6.07) is 0. The first-order valence-corrected chi connectivity index (χ1v) is 6.21. The average Bonchev–Trinajstić information content (AvgIpc) is 2.22. The van der Waals surface area contributed by atoms with Gasteiger partial charge in [0.15, 0.2) is 0 Å². The molecular weight excluding hydrogens is 256 g/mol. The summed E-state index contributed by atoms with van der Waals surface area (Å²) in [4.78, 5) is 29.1. The van der Waals surface area contributed by atoms with Crippen LogP contribution in [0.5, 0.6) is 0 Å². The highest BCUT2D eigenvalue weighted by atomic mass is 17.0. The molecule has 0 aliphatic rings. The average molecular weight is 278 g/mol. The fourth-order valence-corrected chi connectivity index (χ4v) is 1.79. The van der Waals surface area contributed by atoms with E-state index >= 15 is 0 Å². The van der Waals surface area contributed by atoms with Gasteiger partial charge < -0.3 is 9.68 Å². The number of rotatable bonds is 10. The monoisotopic (exact) mass is 278 g/mol. The Labute approximate surface area is 112 Å². The summed E-state index contributed by atoms with van der Waals surface area (Å²) >= 11 is 0. The standard InChI is InChI=1S/C11H22N2O6/c1-9(2)5-6-11(3,4)7-10(19-13(16)17)8-18-12(14)15/h9-10H,5-8H2,1-4H3/t10-/m0/s1. The zero-order chi connectivity index (χ0) is 15.1. The molecule has 0 heterocycles. The lowest BCUT2D eigenvalue weighted by Gasteiger charge is -2.29. The highest BCUT2D eigenvalue weighted by Crippen LogP contribution is 2.31. The van der Waals surface area contributed by atoms with Crippen LogP contribution in [0.15, 0.2) is 0 Å². The van der Waals surface area contributed by atoms with Crippen molar-refractivity contribution in [3.63, 3.8) is 0 Å². The van der Waals surface area contributed by atoms with Crippen LogP contribution < -0.4 is 0 Å². The van der Waals surface area contributed by atoms with E-state index in [9.17, 15) is 20.2 Å². The predicted molar refractivity (Wildman–Crippen MR) is 67.3 cm³/mol. The smallest absolute Gasteiger partial charge is 0.294 e. The molecule has 19 heavy (non-hydrogen) atoms. The second-order valence-corrected chi connectivity index (χ2v) is 5.77. The molecule has 0 aromatic carbocycles. The van der Waals surface area contributed by atoms with Crippen molar-refractivity contribution in [2.24, 2.45) is 11.3 Å². The van der Waals surface area contributed by atoms with Crippen molar-refractivity contribution in [3.8, 4) is 0 Å². The quantitative estimate of drug-likeness (QED) is 0.449. The van der Waals surface area contributed by atoms with Crippen LogP contribution in [0.2, 0.25) is 0 Å². The molecule has 8 nitrogen and oxygen atoms in total. The molecule has 0 fully saturated rings. The molecule has 0 saturated carbocycles. The van der Waals surface area contributed by atoms with Crippen LogP contribution in [-0.4, -0.2) is 22.9 Å². The first kappa shape index (κ1) is 17.4. The lowest BCUT2D eigenvalue weighted by atomic mass is 9.80. The molecule has 0 aromatic rings. The fourth-order valence-electron chi connectivity index (χ4n) is 1.79. The summed E-state index contributed by atoms with van der Waals surface area (Å²) in [6.45, 7) is 7.67. The molecule has 0 aliphatic heterocycles. The number of hydrogen-bond donors (Lipinski definition) is 0. The van der Waals surface area contributed by atoms with E-state index in [1.807, 2.05) is 13.8 Å². The minimum absolute atomic E-state index is 0.203. The first-order valence-electron chi connectivity index (χ1n) is 6.21. The zero-order valence-electron chi connectivity index (χ0n) is 11.8. The summed E-state index contributed by atoms with van der Waals surface area (Å²) in [5.74, 6) is 0.532. The topological polar surface area (TPSA) is 105 Å². The molecule has 0 saturated heterocycles. The molecule has 0 aromatic heterocycles. The Morgan fingerprint density at radius 2 is 1.74 bits per heavy atom. The Kier molecular flexibility index (Phi) is 7.10. The van der Waals surface area contributed by atoms with Gasteiger partial charge in [-0.05, 0) is 24.2 Å². The van der Waals surface area contributed by atoms with Gasteiger partial charge in [0.05, 0.1) is 0 Å². The van der Waals surface area contributed by atoms with Crippen LogP contribution in [0.3, 0.4) is 0 Å². The number of hydrogen-bond acceptors (Lipinski definition) is 6. The van der Waals surface area contributed by atoms with Crippen LogP contribution in [0, 0.1) is 31.6 Å². The van der Waals surface area contributed by atoms with Crippen LogP contribution in [-0.2, 0) is 9.68 Å². The second-order valence-electron chi connectivity index (χ2n) is 5.77. The third-order valence-electron chi connectivity index (χ3n) is 2.78. The summed E-state index contributed by atoms with van der Waals surface area (Å²) < 4.78 is 0. The van der Waals surface area contributed by atoms with Gasteiger partial charge in [0.2, 0.25) is 0 Å². The maximum absolute atomic E-state index is 10.4. The van der Waals surface area contributed by atoms with Gasteiger partial charge in [-0.2, -0.15) is 0 Å². The van der Waals surface area contributed by atoms with Crippen molar-refractivity contribution >= 4 is 0 Å². The molecule has 0 unspecified atom stereocenters. The van der Waals surface area contributed by atoms with E-state index in [2.05, 4.69) is 23.5 Å². The van der Waals surface area contributed by atoms with Gasteiger partial charge >= 0.3 is 0 Å². The van der Waals surface area contributed by atoms with Crippen molar-refractivity contribution in [2.45, 2.75) is 53.1 Å². The number of nitrogens with zero attached hydrogens (tertiary/aromatic N) is 2. The molecule has 8 heteroatoms. The highest BCUT2D eigenvalue weighted by Gasteiger charge is 2.26. The van der Waals surface area contributed by atoms with Crippen LogP contribution in [0.1, 0.15) is 47.0 Å². The molecule has 1 atom stereocenters. The van der Waals surface area contributed by atoms with Gasteiger partial charge in [-0.1, -0.05) is 34.1 Å². The van der Waals surface area contributed by atoms with Gasteiger partial charge in [-0.25, -0.2) is 0 Å². The van der Waals surface area contributed by atoms with Gasteiger partial charge in [0.1, 0.15) is 12.7 Å². The second kappa shape index (κ2) is 7.75. The van der Waals surface area contributed by atoms with Crippen molar-refractivity contribution in [3.05, 3.63) is 20.2 Å². The Hall–Kier alpha value is -1.60. The zero-order valence-corrected chi connectivity index (χ0v) is 11.8. The van der Waals surface area contributed by atoms with Gasteiger partial charge in [-0.15, -0.1) is 20.2 Å². The lowest BCUT2D eigenvalue weighted by Crippen LogP contribution is -2.30. The summed E-state index contributed by atoms with van der Waals surface area (Å²) in [5, 5.41) is 18.6. The molecular formula is C11H22N2O6. The van der Waals surface area contributed by atoms with E-state index in [1.165, 1.54) is 0 Å². The van der Waals surface area contributed by atoms with E-state index in [0.29, 0.717) is 12.3 Å². The van der Waals surface area contributed by atoms with E-state index in [-0.39, 0.29) is 5.41 Å².